The van der Waals surface area contributed by atoms with Crippen LogP contribution in [0.15, 0.2) is 34.7 Å². The zero-order valence-corrected chi connectivity index (χ0v) is 16.3. The van der Waals surface area contributed by atoms with Gasteiger partial charge in [0, 0.05) is 18.6 Å². The fraction of sp³-hybridized carbons (Fsp3) is 0.500. The minimum absolute atomic E-state index is 0.207. The second kappa shape index (κ2) is 8.67. The van der Waals surface area contributed by atoms with Crippen LogP contribution >= 0.6 is 23.1 Å². The van der Waals surface area contributed by atoms with Gasteiger partial charge in [-0.25, -0.2) is 0 Å². The number of hydrogen-bond acceptors (Lipinski definition) is 6. The van der Waals surface area contributed by atoms with Crippen LogP contribution in [0, 0.1) is 0 Å². The monoisotopic (exact) mass is 376 g/mol. The largest absolute Gasteiger partial charge is 0.356 e. The molecular formula is C18H24N4OS2. The summed E-state index contributed by atoms with van der Waals surface area (Å²) in [6.07, 6.45) is 3.42. The quantitative estimate of drug-likeness (QED) is 0.771. The van der Waals surface area contributed by atoms with Crippen LogP contribution in [-0.4, -0.2) is 38.8 Å². The summed E-state index contributed by atoms with van der Waals surface area (Å²) in [5.74, 6) is 0.640. The summed E-state index contributed by atoms with van der Waals surface area (Å²) >= 11 is 2.98. The van der Waals surface area contributed by atoms with Crippen LogP contribution in [0.4, 0.5) is 5.13 Å². The summed E-state index contributed by atoms with van der Waals surface area (Å²) < 4.78 is 0.834. The fourth-order valence-electron chi connectivity index (χ4n) is 3.22. The number of thioether (sulfide) groups is 1. The van der Waals surface area contributed by atoms with E-state index in [1.54, 1.807) is 0 Å². The Bertz CT molecular complexity index is 681. The number of aromatic nitrogens is 2. The molecule has 25 heavy (non-hydrogen) atoms. The number of rotatable bonds is 6. The number of anilines is 1. The first-order valence-electron chi connectivity index (χ1n) is 8.68. The van der Waals surface area contributed by atoms with E-state index in [1.807, 2.05) is 23.1 Å². The van der Waals surface area contributed by atoms with Gasteiger partial charge < -0.3 is 10.2 Å². The van der Waals surface area contributed by atoms with Gasteiger partial charge in [0.25, 0.3) is 0 Å². The molecule has 0 radical (unpaired) electrons. The van der Waals surface area contributed by atoms with Crippen LogP contribution in [0.3, 0.4) is 0 Å². The average Bonchev–Trinajstić information content (AvgIpc) is 3.07. The maximum absolute atomic E-state index is 12.6. The first kappa shape index (κ1) is 18.2. The highest BCUT2D eigenvalue weighted by Gasteiger charge is 2.28. The predicted octanol–water partition coefficient (Wildman–Crippen LogP) is 4.03. The number of benzene rings is 1. The Morgan fingerprint density at radius 1 is 1.24 bits per heavy atom. The molecule has 134 valence electrons. The van der Waals surface area contributed by atoms with Crippen LogP contribution in [0.5, 0.6) is 0 Å². The third-order valence-electron chi connectivity index (χ3n) is 4.49. The number of amides is 1. The maximum Gasteiger partial charge on any atom is 0.233 e. The molecule has 5 nitrogen and oxygen atoms in total. The molecule has 2 atom stereocenters. The molecule has 0 unspecified atom stereocenters. The van der Waals surface area contributed by atoms with E-state index < -0.39 is 0 Å². The van der Waals surface area contributed by atoms with E-state index in [1.165, 1.54) is 35.1 Å². The second-order valence-corrected chi connectivity index (χ2v) is 8.63. The van der Waals surface area contributed by atoms with E-state index in [0.29, 0.717) is 17.8 Å². The van der Waals surface area contributed by atoms with Gasteiger partial charge in [-0.1, -0.05) is 53.4 Å². The van der Waals surface area contributed by atoms with E-state index in [9.17, 15) is 4.79 Å². The third kappa shape index (κ3) is 4.95. The molecule has 7 heteroatoms. The Labute approximate surface area is 157 Å². The molecule has 0 saturated carbocycles. The number of likely N-dealkylation sites (tertiary alicyclic amines) is 1. The molecule has 0 spiro atoms. The number of piperidine rings is 1. The van der Waals surface area contributed by atoms with Gasteiger partial charge in [0.15, 0.2) is 4.34 Å². The highest BCUT2D eigenvalue weighted by Crippen LogP contribution is 2.28. The van der Waals surface area contributed by atoms with Crippen LogP contribution in [0.2, 0.25) is 0 Å². The first-order valence-corrected chi connectivity index (χ1v) is 10.5. The lowest BCUT2D eigenvalue weighted by molar-refractivity contribution is -0.134. The summed E-state index contributed by atoms with van der Waals surface area (Å²) in [4.78, 5) is 14.6. The summed E-state index contributed by atoms with van der Waals surface area (Å²) in [5.41, 5.74) is 1.20. The Morgan fingerprint density at radius 3 is 2.68 bits per heavy atom. The Kier molecular flexibility index (Phi) is 6.31. The molecule has 1 aliphatic rings. The highest BCUT2D eigenvalue weighted by molar-refractivity contribution is 8.01. The van der Waals surface area contributed by atoms with Gasteiger partial charge in [-0.15, -0.1) is 10.2 Å². The Hall–Kier alpha value is -1.60. The van der Waals surface area contributed by atoms with E-state index in [2.05, 4.69) is 41.5 Å². The number of nitrogens with zero attached hydrogens (tertiary/aromatic N) is 3. The van der Waals surface area contributed by atoms with Crippen molar-refractivity contribution in [2.24, 2.45) is 0 Å². The average molecular weight is 377 g/mol. The fourth-order valence-corrected chi connectivity index (χ4v) is 4.84. The van der Waals surface area contributed by atoms with E-state index >= 15 is 0 Å². The number of carbonyl (C=O) groups is 1. The molecule has 1 saturated heterocycles. The number of nitrogens with one attached hydrogen (secondary N) is 1. The van der Waals surface area contributed by atoms with Gasteiger partial charge in [0.1, 0.15) is 0 Å². The predicted molar refractivity (Wildman–Crippen MR) is 104 cm³/mol. The molecule has 1 fully saturated rings. The van der Waals surface area contributed by atoms with Crippen molar-refractivity contribution in [3.63, 3.8) is 0 Å². The summed E-state index contributed by atoms with van der Waals surface area (Å²) in [6.45, 7) is 5.02. The van der Waals surface area contributed by atoms with Gasteiger partial charge in [-0.3, -0.25) is 4.79 Å². The molecule has 0 bridgehead atoms. The number of carbonyl (C=O) groups excluding carboxylic acids is 1. The van der Waals surface area contributed by atoms with Crippen LogP contribution in [0.1, 0.15) is 38.7 Å². The van der Waals surface area contributed by atoms with Crippen molar-refractivity contribution >= 4 is 34.1 Å². The maximum atomic E-state index is 12.6. The van der Waals surface area contributed by atoms with Crippen molar-refractivity contribution in [2.45, 2.75) is 56.1 Å². The second-order valence-electron chi connectivity index (χ2n) is 6.43. The molecule has 2 aromatic rings. The minimum Gasteiger partial charge on any atom is -0.356 e. The van der Waals surface area contributed by atoms with Crippen molar-refractivity contribution in [3.8, 4) is 0 Å². The Balaban J connectivity index is 1.49. The zero-order valence-electron chi connectivity index (χ0n) is 14.6. The van der Waals surface area contributed by atoms with Crippen molar-refractivity contribution in [2.75, 3.05) is 11.1 Å². The summed E-state index contributed by atoms with van der Waals surface area (Å²) in [5, 5.41) is 12.4. The standard InChI is InChI=1S/C18H24N4OS2/c1-13-7-6-8-14(2)22(13)16(23)12-24-18-21-20-17(25-18)19-11-15-9-4-3-5-10-15/h3-5,9-10,13-14H,6-8,11-12H2,1-2H3,(H,19,20)/t13-,14-/m0/s1. The van der Waals surface area contributed by atoms with Crippen LogP contribution in [-0.2, 0) is 11.3 Å². The van der Waals surface area contributed by atoms with Crippen LogP contribution in [0.25, 0.3) is 0 Å². The van der Waals surface area contributed by atoms with Crippen LogP contribution < -0.4 is 5.32 Å². The van der Waals surface area contributed by atoms with Gasteiger partial charge in [-0.2, -0.15) is 0 Å². The van der Waals surface area contributed by atoms with E-state index in [-0.39, 0.29) is 5.91 Å². The zero-order chi connectivity index (χ0) is 17.6. The van der Waals surface area contributed by atoms with Gasteiger partial charge in [-0.05, 0) is 38.7 Å². The molecule has 1 aromatic heterocycles. The lowest BCUT2D eigenvalue weighted by atomic mass is 9.98. The summed E-state index contributed by atoms with van der Waals surface area (Å²) in [6, 6.07) is 10.9. The molecule has 1 N–H and O–H groups in total. The van der Waals surface area contributed by atoms with Crippen molar-refractivity contribution in [1.82, 2.24) is 15.1 Å². The lowest BCUT2D eigenvalue weighted by Crippen LogP contribution is -2.48. The van der Waals surface area contributed by atoms with Crippen molar-refractivity contribution in [3.05, 3.63) is 35.9 Å². The first-order chi connectivity index (χ1) is 12.1. The van der Waals surface area contributed by atoms with Gasteiger partial charge in [0.2, 0.25) is 11.0 Å². The lowest BCUT2D eigenvalue weighted by Gasteiger charge is -2.39. The molecular weight excluding hydrogens is 352 g/mol. The SMILES string of the molecule is C[C@H]1CCC[C@H](C)N1C(=O)CSc1nnc(NCc2ccccc2)s1. The molecule has 1 aromatic carbocycles. The number of hydrogen-bond donors (Lipinski definition) is 1. The third-order valence-corrected chi connectivity index (χ3v) is 6.49. The smallest absolute Gasteiger partial charge is 0.233 e. The highest BCUT2D eigenvalue weighted by atomic mass is 32.2. The van der Waals surface area contributed by atoms with E-state index in [0.717, 1.165) is 28.9 Å². The van der Waals surface area contributed by atoms with Gasteiger partial charge >= 0.3 is 0 Å². The molecule has 1 amide bonds. The molecule has 0 aliphatic carbocycles. The Morgan fingerprint density at radius 2 is 1.96 bits per heavy atom. The molecule has 3 rings (SSSR count). The van der Waals surface area contributed by atoms with Crippen molar-refractivity contribution < 1.29 is 4.79 Å². The van der Waals surface area contributed by atoms with Gasteiger partial charge in [0.05, 0.1) is 5.75 Å². The normalized spacial score (nSPS) is 20.5. The minimum atomic E-state index is 0.207. The van der Waals surface area contributed by atoms with Crippen molar-refractivity contribution in [1.29, 1.82) is 0 Å². The molecule has 1 aliphatic heterocycles. The topological polar surface area (TPSA) is 58.1 Å². The van der Waals surface area contributed by atoms with E-state index in [4.69, 9.17) is 0 Å². The molecule has 2 heterocycles. The summed E-state index contributed by atoms with van der Waals surface area (Å²) in [7, 11) is 0.